The third-order valence-corrected chi connectivity index (χ3v) is 3.54. The van der Waals surface area contributed by atoms with Crippen LogP contribution in [0.4, 0.5) is 0 Å². The molecule has 82 valence electrons. The second-order valence-electron chi connectivity index (χ2n) is 4.04. The Morgan fingerprint density at radius 3 is 2.80 bits per heavy atom. The first kappa shape index (κ1) is 11.3. The fraction of sp³-hybridized carbons (Fsp3) is 0.500. The fourth-order valence-electron chi connectivity index (χ4n) is 2.16. The Bertz CT molecular complexity index is 330. The summed E-state index contributed by atoms with van der Waals surface area (Å²) in [6.45, 7) is 2.21. The smallest absolute Gasteiger partial charge is 0.0455 e. The fourth-order valence-corrected chi connectivity index (χ4v) is 2.73. The molecule has 2 rings (SSSR count). The molecule has 0 aliphatic carbocycles. The van der Waals surface area contributed by atoms with Gasteiger partial charge in [0, 0.05) is 10.0 Å². The van der Waals surface area contributed by atoms with Gasteiger partial charge in [-0.05, 0) is 56.0 Å². The molecular weight excluding hydrogens is 229 g/mol. The summed E-state index contributed by atoms with van der Waals surface area (Å²) >= 11 is 12.1. The predicted molar refractivity (Wildman–Crippen MR) is 65.9 cm³/mol. The molecule has 3 heteroatoms. The van der Waals surface area contributed by atoms with Gasteiger partial charge >= 0.3 is 0 Å². The zero-order valence-electron chi connectivity index (χ0n) is 8.60. The standard InChI is InChI=1S/C12H15Cl2N/c13-10-3-4-11(12(14)8-10)9-2-1-6-15-7-5-9/h3-4,8-9,15H,1-2,5-7H2. The van der Waals surface area contributed by atoms with E-state index in [9.17, 15) is 0 Å². The molecule has 1 aromatic rings. The van der Waals surface area contributed by atoms with Gasteiger partial charge in [-0.1, -0.05) is 29.3 Å². The lowest BCUT2D eigenvalue weighted by Crippen LogP contribution is -2.13. The average Bonchev–Trinajstić information content (AvgIpc) is 2.46. The highest BCUT2D eigenvalue weighted by molar-refractivity contribution is 6.35. The van der Waals surface area contributed by atoms with Gasteiger partial charge in [-0.3, -0.25) is 0 Å². The van der Waals surface area contributed by atoms with Crippen molar-refractivity contribution in [3.05, 3.63) is 33.8 Å². The molecule has 0 radical (unpaired) electrons. The van der Waals surface area contributed by atoms with Crippen LogP contribution in [0.5, 0.6) is 0 Å². The lowest BCUT2D eigenvalue weighted by Gasteiger charge is -2.15. The summed E-state index contributed by atoms with van der Waals surface area (Å²) in [5.74, 6) is 0.588. The molecule has 0 spiro atoms. The van der Waals surface area contributed by atoms with Crippen LogP contribution in [0.1, 0.15) is 30.7 Å². The molecule has 0 amide bonds. The summed E-state index contributed by atoms with van der Waals surface area (Å²) in [7, 11) is 0. The van der Waals surface area contributed by atoms with Crippen LogP contribution < -0.4 is 5.32 Å². The Morgan fingerprint density at radius 2 is 2.00 bits per heavy atom. The average molecular weight is 244 g/mol. The second-order valence-corrected chi connectivity index (χ2v) is 4.89. The lowest BCUT2D eigenvalue weighted by atomic mass is 9.92. The van der Waals surface area contributed by atoms with E-state index in [1.807, 2.05) is 12.1 Å². The van der Waals surface area contributed by atoms with Crippen molar-refractivity contribution in [1.29, 1.82) is 0 Å². The predicted octanol–water partition coefficient (Wildman–Crippen LogP) is 3.85. The van der Waals surface area contributed by atoms with Crippen molar-refractivity contribution in [2.75, 3.05) is 13.1 Å². The molecular formula is C12H15Cl2N. The van der Waals surface area contributed by atoms with Crippen molar-refractivity contribution in [3.8, 4) is 0 Å². The van der Waals surface area contributed by atoms with Gasteiger partial charge in [-0.25, -0.2) is 0 Å². The third-order valence-electron chi connectivity index (χ3n) is 2.98. The minimum Gasteiger partial charge on any atom is -0.317 e. The molecule has 1 unspecified atom stereocenters. The van der Waals surface area contributed by atoms with Gasteiger partial charge < -0.3 is 5.32 Å². The largest absolute Gasteiger partial charge is 0.317 e. The summed E-state index contributed by atoms with van der Waals surface area (Å²) in [6.07, 6.45) is 3.61. The molecule has 1 nitrogen and oxygen atoms in total. The minimum atomic E-state index is 0.588. The van der Waals surface area contributed by atoms with Crippen molar-refractivity contribution < 1.29 is 0 Å². The monoisotopic (exact) mass is 243 g/mol. The molecule has 1 saturated heterocycles. The molecule has 1 atom stereocenters. The highest BCUT2D eigenvalue weighted by Gasteiger charge is 2.16. The van der Waals surface area contributed by atoms with Gasteiger partial charge in [-0.2, -0.15) is 0 Å². The minimum absolute atomic E-state index is 0.588. The third kappa shape index (κ3) is 2.87. The summed E-state index contributed by atoms with van der Waals surface area (Å²) in [5, 5.41) is 4.94. The summed E-state index contributed by atoms with van der Waals surface area (Å²) in [4.78, 5) is 0. The Hall–Kier alpha value is -0.240. The quantitative estimate of drug-likeness (QED) is 0.791. The van der Waals surface area contributed by atoms with Gasteiger partial charge in [-0.15, -0.1) is 0 Å². The number of rotatable bonds is 1. The Balaban J connectivity index is 2.19. The van der Waals surface area contributed by atoms with Crippen LogP contribution in [0, 0.1) is 0 Å². The topological polar surface area (TPSA) is 12.0 Å². The zero-order valence-corrected chi connectivity index (χ0v) is 10.1. The molecule has 0 saturated carbocycles. The molecule has 1 fully saturated rings. The first-order chi connectivity index (χ1) is 7.27. The number of hydrogen-bond donors (Lipinski definition) is 1. The van der Waals surface area contributed by atoms with Crippen LogP contribution in [-0.2, 0) is 0 Å². The van der Waals surface area contributed by atoms with E-state index in [1.165, 1.54) is 24.8 Å². The molecule has 0 aromatic heterocycles. The maximum Gasteiger partial charge on any atom is 0.0455 e. The molecule has 1 aliphatic rings. The highest BCUT2D eigenvalue weighted by Crippen LogP contribution is 2.32. The van der Waals surface area contributed by atoms with Crippen LogP contribution in [0.15, 0.2) is 18.2 Å². The van der Waals surface area contributed by atoms with Gasteiger partial charge in [0.15, 0.2) is 0 Å². The SMILES string of the molecule is Clc1ccc(C2CCCNCC2)c(Cl)c1. The van der Waals surface area contributed by atoms with Crippen LogP contribution in [0.2, 0.25) is 10.0 Å². The molecule has 1 aromatic carbocycles. The number of halogens is 2. The lowest BCUT2D eigenvalue weighted by molar-refractivity contribution is 0.610. The van der Waals surface area contributed by atoms with Crippen molar-refractivity contribution in [3.63, 3.8) is 0 Å². The highest BCUT2D eigenvalue weighted by atomic mass is 35.5. The van der Waals surface area contributed by atoms with E-state index in [0.29, 0.717) is 5.92 Å². The Kier molecular flexibility index (Phi) is 3.90. The van der Waals surface area contributed by atoms with Crippen LogP contribution in [0.25, 0.3) is 0 Å². The van der Waals surface area contributed by atoms with Crippen LogP contribution in [-0.4, -0.2) is 13.1 Å². The Labute approximate surface area is 101 Å². The van der Waals surface area contributed by atoms with Gasteiger partial charge in [0.05, 0.1) is 0 Å². The Morgan fingerprint density at radius 1 is 1.13 bits per heavy atom. The first-order valence-corrected chi connectivity index (χ1v) is 6.18. The maximum absolute atomic E-state index is 6.21. The first-order valence-electron chi connectivity index (χ1n) is 5.43. The summed E-state index contributed by atoms with van der Waals surface area (Å²) < 4.78 is 0. The maximum atomic E-state index is 6.21. The van der Waals surface area contributed by atoms with Crippen LogP contribution >= 0.6 is 23.2 Å². The van der Waals surface area contributed by atoms with E-state index in [1.54, 1.807) is 0 Å². The van der Waals surface area contributed by atoms with Gasteiger partial charge in [0.25, 0.3) is 0 Å². The van der Waals surface area contributed by atoms with Crippen molar-refractivity contribution in [2.24, 2.45) is 0 Å². The zero-order chi connectivity index (χ0) is 10.7. The number of benzene rings is 1. The van der Waals surface area contributed by atoms with E-state index in [0.717, 1.165) is 23.1 Å². The van der Waals surface area contributed by atoms with E-state index in [2.05, 4.69) is 11.4 Å². The summed E-state index contributed by atoms with van der Waals surface area (Å²) in [6, 6.07) is 5.85. The van der Waals surface area contributed by atoms with Crippen molar-refractivity contribution in [2.45, 2.75) is 25.2 Å². The normalized spacial score (nSPS) is 22.4. The molecule has 1 heterocycles. The van der Waals surface area contributed by atoms with Crippen LogP contribution in [0.3, 0.4) is 0 Å². The second kappa shape index (κ2) is 5.20. The molecule has 0 bridgehead atoms. The van der Waals surface area contributed by atoms with E-state index < -0.39 is 0 Å². The van der Waals surface area contributed by atoms with Gasteiger partial charge in [0.2, 0.25) is 0 Å². The van der Waals surface area contributed by atoms with Crippen molar-refractivity contribution in [1.82, 2.24) is 5.32 Å². The molecule has 1 aliphatic heterocycles. The van der Waals surface area contributed by atoms with E-state index in [4.69, 9.17) is 23.2 Å². The molecule has 1 N–H and O–H groups in total. The van der Waals surface area contributed by atoms with E-state index in [-0.39, 0.29) is 0 Å². The van der Waals surface area contributed by atoms with Crippen molar-refractivity contribution >= 4 is 23.2 Å². The number of hydrogen-bond acceptors (Lipinski definition) is 1. The van der Waals surface area contributed by atoms with E-state index >= 15 is 0 Å². The molecule has 15 heavy (non-hydrogen) atoms. The van der Waals surface area contributed by atoms with Gasteiger partial charge in [0.1, 0.15) is 0 Å². The number of nitrogens with one attached hydrogen (secondary N) is 1. The summed E-state index contributed by atoms with van der Waals surface area (Å²) in [5.41, 5.74) is 1.25.